The number of hydrogen-bond donors (Lipinski definition) is 2. The highest BCUT2D eigenvalue weighted by atomic mass is 16.3. The Balaban J connectivity index is 2.55. The Kier molecular flexibility index (Phi) is 2.39. The molecule has 0 spiro atoms. The van der Waals surface area contributed by atoms with E-state index >= 15 is 0 Å². The molecule has 1 atom stereocenters. The zero-order chi connectivity index (χ0) is 9.35. The monoisotopic (exact) mass is 172 g/mol. The molecule has 1 amide bonds. The number of nitrogens with zero attached hydrogens (tertiary/aromatic N) is 1. The molecule has 0 aromatic rings. The molecule has 1 heterocycles. The Hall–Kier alpha value is -0.610. The first kappa shape index (κ1) is 9.48. The summed E-state index contributed by atoms with van der Waals surface area (Å²) in [6.07, 6.45) is -0.559. The summed E-state index contributed by atoms with van der Waals surface area (Å²) in [6, 6.07) is 0. The highest BCUT2D eigenvalue weighted by molar-refractivity contribution is 5.81. The second-order valence-electron chi connectivity index (χ2n) is 4.16. The summed E-state index contributed by atoms with van der Waals surface area (Å²) in [5.74, 6) is 0.0755. The maximum atomic E-state index is 11.6. The van der Waals surface area contributed by atoms with Crippen molar-refractivity contribution in [3.05, 3.63) is 0 Å². The van der Waals surface area contributed by atoms with Gasteiger partial charge in [0.05, 0.1) is 13.2 Å². The van der Waals surface area contributed by atoms with E-state index in [-0.39, 0.29) is 11.3 Å². The van der Waals surface area contributed by atoms with E-state index in [9.17, 15) is 4.79 Å². The molecule has 0 bridgehead atoms. The lowest BCUT2D eigenvalue weighted by molar-refractivity contribution is -0.138. The molecule has 1 aliphatic rings. The Morgan fingerprint density at radius 1 is 1.58 bits per heavy atom. The average molecular weight is 172 g/mol. The molecule has 4 heteroatoms. The second kappa shape index (κ2) is 3.03. The molecule has 0 saturated carbocycles. The molecule has 2 N–H and O–H groups in total. The van der Waals surface area contributed by atoms with Gasteiger partial charge in [-0.2, -0.15) is 0 Å². The van der Waals surface area contributed by atoms with Crippen molar-refractivity contribution >= 4 is 5.91 Å². The van der Waals surface area contributed by atoms with Gasteiger partial charge in [-0.05, 0) is 0 Å². The fraction of sp³-hybridized carbons (Fsp3) is 0.875. The highest BCUT2D eigenvalue weighted by Gasteiger charge is 2.31. The van der Waals surface area contributed by atoms with Crippen molar-refractivity contribution in [1.29, 1.82) is 0 Å². The normalized spacial score (nSPS) is 24.7. The van der Waals surface area contributed by atoms with Crippen molar-refractivity contribution in [3.8, 4) is 0 Å². The first-order valence-electron chi connectivity index (χ1n) is 4.12. The number of aliphatic hydroxyl groups is 1. The molecule has 1 saturated heterocycles. The highest BCUT2D eigenvalue weighted by Crippen LogP contribution is 2.18. The molecule has 0 aromatic carbocycles. The standard InChI is InChI=1S/C8H16N2O2/c1-8(2,3)7(12)10-4-6(11)9-5-10/h6,9,11H,4-5H2,1-3H3. The summed E-state index contributed by atoms with van der Waals surface area (Å²) in [4.78, 5) is 13.2. The van der Waals surface area contributed by atoms with Gasteiger partial charge in [0.15, 0.2) is 0 Å². The largest absolute Gasteiger partial charge is 0.377 e. The van der Waals surface area contributed by atoms with Gasteiger partial charge in [-0.1, -0.05) is 20.8 Å². The second-order valence-corrected chi connectivity index (χ2v) is 4.16. The summed E-state index contributed by atoms with van der Waals surface area (Å²) >= 11 is 0. The Morgan fingerprint density at radius 2 is 2.17 bits per heavy atom. The molecule has 0 aromatic heterocycles. The van der Waals surface area contributed by atoms with Crippen molar-refractivity contribution in [1.82, 2.24) is 10.2 Å². The maximum absolute atomic E-state index is 11.6. The van der Waals surface area contributed by atoms with Crippen LogP contribution in [0.2, 0.25) is 0 Å². The predicted octanol–water partition coefficient (Wildman–Crippen LogP) is -0.260. The van der Waals surface area contributed by atoms with Gasteiger partial charge < -0.3 is 10.0 Å². The number of aliphatic hydroxyl groups excluding tert-OH is 1. The summed E-state index contributed by atoms with van der Waals surface area (Å²) in [7, 11) is 0. The van der Waals surface area contributed by atoms with Crippen molar-refractivity contribution in [2.45, 2.75) is 27.0 Å². The minimum Gasteiger partial charge on any atom is -0.377 e. The molecule has 1 unspecified atom stereocenters. The van der Waals surface area contributed by atoms with Crippen LogP contribution in [0.5, 0.6) is 0 Å². The summed E-state index contributed by atoms with van der Waals surface area (Å²) in [5, 5.41) is 11.9. The van der Waals surface area contributed by atoms with Crippen LogP contribution in [-0.4, -0.2) is 35.4 Å². The van der Waals surface area contributed by atoms with E-state index in [0.29, 0.717) is 13.2 Å². The number of carbonyl (C=O) groups excluding carboxylic acids is 1. The third-order valence-corrected chi connectivity index (χ3v) is 1.84. The minimum absolute atomic E-state index is 0.0755. The van der Waals surface area contributed by atoms with E-state index < -0.39 is 6.23 Å². The number of nitrogens with one attached hydrogen (secondary N) is 1. The number of hydrogen-bond acceptors (Lipinski definition) is 3. The van der Waals surface area contributed by atoms with E-state index in [2.05, 4.69) is 5.32 Å². The van der Waals surface area contributed by atoms with Crippen LogP contribution >= 0.6 is 0 Å². The third-order valence-electron chi connectivity index (χ3n) is 1.84. The SMILES string of the molecule is CC(C)(C)C(=O)N1CNC(O)C1. The molecule has 0 aliphatic carbocycles. The zero-order valence-electron chi connectivity index (χ0n) is 7.79. The number of amides is 1. The molecule has 4 nitrogen and oxygen atoms in total. The summed E-state index contributed by atoms with van der Waals surface area (Å²) in [5.41, 5.74) is -0.355. The fourth-order valence-electron chi connectivity index (χ4n) is 1.18. The first-order valence-corrected chi connectivity index (χ1v) is 4.12. The Bertz CT molecular complexity index is 186. The van der Waals surface area contributed by atoms with Crippen LogP contribution in [0.15, 0.2) is 0 Å². The molecular formula is C8H16N2O2. The van der Waals surface area contributed by atoms with E-state index in [1.54, 1.807) is 4.90 Å². The maximum Gasteiger partial charge on any atom is 0.229 e. The summed E-state index contributed by atoms with van der Waals surface area (Å²) < 4.78 is 0. The van der Waals surface area contributed by atoms with E-state index in [0.717, 1.165) is 0 Å². The lowest BCUT2D eigenvalue weighted by Crippen LogP contribution is -2.38. The van der Waals surface area contributed by atoms with Gasteiger partial charge in [0, 0.05) is 5.41 Å². The minimum atomic E-state index is -0.559. The van der Waals surface area contributed by atoms with Crippen molar-refractivity contribution in [2.24, 2.45) is 5.41 Å². The van der Waals surface area contributed by atoms with Crippen LogP contribution < -0.4 is 5.32 Å². The molecule has 1 rings (SSSR count). The van der Waals surface area contributed by atoms with Crippen LogP contribution in [0.25, 0.3) is 0 Å². The van der Waals surface area contributed by atoms with E-state index in [1.165, 1.54) is 0 Å². The predicted molar refractivity (Wildman–Crippen MR) is 45.2 cm³/mol. The molecule has 1 aliphatic heterocycles. The van der Waals surface area contributed by atoms with E-state index in [4.69, 9.17) is 5.11 Å². The molecule has 0 radical (unpaired) electrons. The fourth-order valence-corrected chi connectivity index (χ4v) is 1.18. The molecule has 12 heavy (non-hydrogen) atoms. The average Bonchev–Trinajstić information content (AvgIpc) is 2.32. The van der Waals surface area contributed by atoms with Crippen molar-refractivity contribution < 1.29 is 9.90 Å². The summed E-state index contributed by atoms with van der Waals surface area (Å²) in [6.45, 7) is 6.48. The van der Waals surface area contributed by atoms with Crippen LogP contribution in [0.1, 0.15) is 20.8 Å². The number of rotatable bonds is 0. The third kappa shape index (κ3) is 1.95. The van der Waals surface area contributed by atoms with Gasteiger partial charge in [0.25, 0.3) is 0 Å². The van der Waals surface area contributed by atoms with E-state index in [1.807, 2.05) is 20.8 Å². The van der Waals surface area contributed by atoms with Gasteiger partial charge in [0.2, 0.25) is 5.91 Å². The van der Waals surface area contributed by atoms with Crippen molar-refractivity contribution in [3.63, 3.8) is 0 Å². The zero-order valence-corrected chi connectivity index (χ0v) is 7.79. The molecule has 1 fully saturated rings. The lowest BCUT2D eigenvalue weighted by Gasteiger charge is -2.24. The number of carbonyl (C=O) groups is 1. The van der Waals surface area contributed by atoms with Crippen LogP contribution in [0.3, 0.4) is 0 Å². The van der Waals surface area contributed by atoms with Crippen molar-refractivity contribution in [2.75, 3.05) is 13.2 Å². The van der Waals surface area contributed by atoms with Gasteiger partial charge >= 0.3 is 0 Å². The van der Waals surface area contributed by atoms with Gasteiger partial charge in [-0.3, -0.25) is 10.1 Å². The molecular weight excluding hydrogens is 156 g/mol. The van der Waals surface area contributed by atoms with Crippen LogP contribution in [0, 0.1) is 5.41 Å². The molecule has 70 valence electrons. The van der Waals surface area contributed by atoms with Crippen LogP contribution in [-0.2, 0) is 4.79 Å². The lowest BCUT2D eigenvalue weighted by atomic mass is 9.95. The van der Waals surface area contributed by atoms with Gasteiger partial charge in [-0.15, -0.1) is 0 Å². The Morgan fingerprint density at radius 3 is 2.50 bits per heavy atom. The quantitative estimate of drug-likeness (QED) is 0.529. The van der Waals surface area contributed by atoms with Crippen LogP contribution in [0.4, 0.5) is 0 Å². The first-order chi connectivity index (χ1) is 5.41. The van der Waals surface area contributed by atoms with Gasteiger partial charge in [0.1, 0.15) is 6.23 Å². The number of β-amino-alcohol motifs (C(OH)–C–C–N with tert-alkyl or cyclic N) is 1. The Labute approximate surface area is 72.6 Å². The topological polar surface area (TPSA) is 52.6 Å². The smallest absolute Gasteiger partial charge is 0.229 e. The van der Waals surface area contributed by atoms with Gasteiger partial charge in [-0.25, -0.2) is 0 Å².